The summed E-state index contributed by atoms with van der Waals surface area (Å²) in [6, 6.07) is 34.7. The second-order valence-electron chi connectivity index (χ2n) is 10.9. The van der Waals surface area contributed by atoms with Gasteiger partial charge in [0.25, 0.3) is 0 Å². The van der Waals surface area contributed by atoms with Crippen LogP contribution in [0.2, 0.25) is 0 Å². The van der Waals surface area contributed by atoms with Crippen molar-refractivity contribution in [2.75, 3.05) is 0 Å². The molecule has 214 valence electrons. The van der Waals surface area contributed by atoms with Crippen LogP contribution in [-0.4, -0.2) is 16.9 Å². The Labute approximate surface area is 247 Å². The standard InChI is InChI=1S/C37H27F3O3/c38-37(39,40)30-7-3-5-23(20-30)19-29(36(42)43)22-35(41)27-17-13-25(14-18-27)24-11-15-26(16-12-24)31-9-4-10-33-32-8-2-1-6-28(32)21-34(31)33/h1-18,20,29H,19,21-22H2,(H,42,43). The van der Waals surface area contributed by atoms with Crippen LogP contribution in [0.25, 0.3) is 33.4 Å². The smallest absolute Gasteiger partial charge is 0.416 e. The number of carbonyl (C=O) groups is 2. The van der Waals surface area contributed by atoms with E-state index < -0.39 is 23.6 Å². The molecule has 0 heterocycles. The van der Waals surface area contributed by atoms with Crippen LogP contribution >= 0.6 is 0 Å². The average molecular weight is 577 g/mol. The minimum atomic E-state index is -4.53. The van der Waals surface area contributed by atoms with Gasteiger partial charge in [-0.25, -0.2) is 0 Å². The topological polar surface area (TPSA) is 54.4 Å². The second-order valence-corrected chi connectivity index (χ2v) is 10.9. The quantitative estimate of drug-likeness (QED) is 0.184. The van der Waals surface area contributed by atoms with Gasteiger partial charge in [-0.15, -0.1) is 0 Å². The van der Waals surface area contributed by atoms with Gasteiger partial charge in [0.05, 0.1) is 11.5 Å². The minimum Gasteiger partial charge on any atom is -0.481 e. The highest BCUT2D eigenvalue weighted by Crippen LogP contribution is 2.41. The van der Waals surface area contributed by atoms with Crippen molar-refractivity contribution in [3.8, 4) is 33.4 Å². The number of benzene rings is 5. The molecule has 0 fully saturated rings. The number of fused-ring (bicyclic) bond motifs is 3. The first kappa shape index (κ1) is 28.2. The molecule has 1 aliphatic rings. The average Bonchev–Trinajstić information content (AvgIpc) is 3.39. The Morgan fingerprint density at radius 1 is 0.698 bits per heavy atom. The summed E-state index contributed by atoms with van der Waals surface area (Å²) in [4.78, 5) is 24.8. The fourth-order valence-corrected chi connectivity index (χ4v) is 5.87. The number of alkyl halides is 3. The van der Waals surface area contributed by atoms with Crippen LogP contribution in [0.3, 0.4) is 0 Å². The van der Waals surface area contributed by atoms with Crippen molar-refractivity contribution in [3.63, 3.8) is 0 Å². The number of Topliss-reactive ketones (excluding diaryl/α,β-unsaturated/α-hetero) is 1. The molecule has 43 heavy (non-hydrogen) atoms. The van der Waals surface area contributed by atoms with Gasteiger partial charge < -0.3 is 5.11 Å². The number of carbonyl (C=O) groups excluding carboxylic acids is 1. The summed E-state index contributed by atoms with van der Waals surface area (Å²) in [5.74, 6) is -2.74. The molecular weight excluding hydrogens is 549 g/mol. The van der Waals surface area contributed by atoms with Crippen LogP contribution in [-0.2, 0) is 23.8 Å². The van der Waals surface area contributed by atoms with Gasteiger partial charge in [-0.2, -0.15) is 13.2 Å². The maximum atomic E-state index is 13.1. The number of ketones is 1. The molecule has 0 saturated heterocycles. The number of halogens is 3. The van der Waals surface area contributed by atoms with Gasteiger partial charge in [-0.1, -0.05) is 109 Å². The van der Waals surface area contributed by atoms with E-state index in [4.69, 9.17) is 0 Å². The van der Waals surface area contributed by atoms with Crippen molar-refractivity contribution < 1.29 is 27.9 Å². The molecule has 3 nitrogen and oxygen atoms in total. The van der Waals surface area contributed by atoms with E-state index in [9.17, 15) is 27.9 Å². The molecule has 1 N–H and O–H groups in total. The molecule has 6 heteroatoms. The van der Waals surface area contributed by atoms with E-state index in [1.54, 1.807) is 12.1 Å². The van der Waals surface area contributed by atoms with Crippen molar-refractivity contribution in [2.45, 2.75) is 25.4 Å². The van der Waals surface area contributed by atoms with Crippen LogP contribution < -0.4 is 0 Å². The summed E-state index contributed by atoms with van der Waals surface area (Å²) < 4.78 is 39.2. The van der Waals surface area contributed by atoms with E-state index in [-0.39, 0.29) is 24.2 Å². The Kier molecular flexibility index (Phi) is 7.45. The lowest BCUT2D eigenvalue weighted by molar-refractivity contribution is -0.141. The first-order valence-electron chi connectivity index (χ1n) is 14.0. The first-order valence-corrected chi connectivity index (χ1v) is 14.0. The highest BCUT2D eigenvalue weighted by Gasteiger charge is 2.31. The van der Waals surface area contributed by atoms with Crippen molar-refractivity contribution in [2.24, 2.45) is 5.92 Å². The molecule has 1 atom stereocenters. The number of carboxylic acid groups (broad SMARTS) is 1. The van der Waals surface area contributed by atoms with Crippen molar-refractivity contribution >= 4 is 11.8 Å². The minimum absolute atomic E-state index is 0.174. The molecule has 5 aromatic rings. The van der Waals surface area contributed by atoms with E-state index in [1.165, 1.54) is 39.9 Å². The van der Waals surface area contributed by atoms with Gasteiger partial charge in [0.2, 0.25) is 0 Å². The van der Waals surface area contributed by atoms with Crippen LogP contribution in [0.4, 0.5) is 13.2 Å². The van der Waals surface area contributed by atoms with E-state index in [2.05, 4.69) is 54.6 Å². The highest BCUT2D eigenvalue weighted by molar-refractivity contribution is 5.98. The summed E-state index contributed by atoms with van der Waals surface area (Å²) in [6.07, 6.45) is -4.11. The molecule has 0 bridgehead atoms. The zero-order valence-electron chi connectivity index (χ0n) is 23.1. The third-order valence-electron chi connectivity index (χ3n) is 8.10. The van der Waals surface area contributed by atoms with Gasteiger partial charge in [-0.05, 0) is 69.0 Å². The van der Waals surface area contributed by atoms with Crippen LogP contribution in [0.1, 0.15) is 39.0 Å². The number of aliphatic carboxylic acids is 1. The van der Waals surface area contributed by atoms with Crippen molar-refractivity contribution in [1.82, 2.24) is 0 Å². The Morgan fingerprint density at radius 3 is 2.00 bits per heavy atom. The molecular formula is C37H27F3O3. The Balaban J connectivity index is 1.15. The number of rotatable bonds is 8. The lowest BCUT2D eigenvalue weighted by Gasteiger charge is -2.14. The predicted molar refractivity (Wildman–Crippen MR) is 161 cm³/mol. The van der Waals surface area contributed by atoms with Crippen LogP contribution in [0.15, 0.2) is 115 Å². The summed E-state index contributed by atoms with van der Waals surface area (Å²) >= 11 is 0. The maximum Gasteiger partial charge on any atom is 0.416 e. The molecule has 0 aliphatic heterocycles. The lowest BCUT2D eigenvalue weighted by atomic mass is 9.91. The van der Waals surface area contributed by atoms with Crippen molar-refractivity contribution in [3.05, 3.63) is 143 Å². The number of hydrogen-bond acceptors (Lipinski definition) is 2. The molecule has 5 aromatic carbocycles. The van der Waals surface area contributed by atoms with Gasteiger partial charge in [0.1, 0.15) is 0 Å². The molecule has 0 amide bonds. The zero-order valence-corrected chi connectivity index (χ0v) is 23.1. The Hall–Kier alpha value is -4.97. The normalized spacial score (nSPS) is 12.8. The van der Waals surface area contributed by atoms with Crippen LogP contribution in [0, 0.1) is 5.92 Å². The fourth-order valence-electron chi connectivity index (χ4n) is 5.87. The number of hydrogen-bond donors (Lipinski definition) is 1. The number of carboxylic acids is 1. The van der Waals surface area contributed by atoms with E-state index in [0.29, 0.717) is 5.56 Å². The monoisotopic (exact) mass is 576 g/mol. The zero-order chi connectivity index (χ0) is 30.1. The molecule has 0 saturated carbocycles. The summed E-state index contributed by atoms with van der Waals surface area (Å²) in [7, 11) is 0. The predicted octanol–water partition coefficient (Wildman–Crippen LogP) is 9.13. The van der Waals surface area contributed by atoms with Crippen LogP contribution in [0.5, 0.6) is 0 Å². The third-order valence-corrected chi connectivity index (χ3v) is 8.10. The summed E-state index contributed by atoms with van der Waals surface area (Å²) in [6.45, 7) is 0. The lowest BCUT2D eigenvalue weighted by Crippen LogP contribution is -2.20. The largest absolute Gasteiger partial charge is 0.481 e. The Bertz CT molecular complexity index is 1820. The molecule has 6 rings (SSSR count). The third kappa shape index (κ3) is 5.86. The highest BCUT2D eigenvalue weighted by atomic mass is 19.4. The van der Waals surface area contributed by atoms with Gasteiger partial charge >= 0.3 is 12.1 Å². The van der Waals surface area contributed by atoms with Gasteiger partial charge in [0, 0.05) is 12.0 Å². The second kappa shape index (κ2) is 11.4. The maximum absolute atomic E-state index is 13.1. The molecule has 0 aromatic heterocycles. The van der Waals surface area contributed by atoms with E-state index >= 15 is 0 Å². The first-order chi connectivity index (χ1) is 20.7. The van der Waals surface area contributed by atoms with E-state index in [0.717, 1.165) is 35.2 Å². The summed E-state index contributed by atoms with van der Waals surface area (Å²) in [5.41, 5.74) is 9.18. The summed E-state index contributed by atoms with van der Waals surface area (Å²) in [5, 5.41) is 9.68. The SMILES string of the molecule is O=C(CC(Cc1cccc(C(F)(F)F)c1)C(=O)O)c1ccc(-c2ccc(-c3cccc4c3Cc3ccccc3-4)cc2)cc1. The Morgan fingerprint density at radius 2 is 1.30 bits per heavy atom. The molecule has 1 aliphatic carbocycles. The van der Waals surface area contributed by atoms with E-state index in [1.807, 2.05) is 24.3 Å². The van der Waals surface area contributed by atoms with Gasteiger partial charge in [-0.3, -0.25) is 9.59 Å². The molecule has 1 unspecified atom stereocenters. The molecule has 0 radical (unpaired) electrons. The fraction of sp³-hybridized carbons (Fsp3) is 0.135. The molecule has 0 spiro atoms. The van der Waals surface area contributed by atoms with Gasteiger partial charge in [0.15, 0.2) is 5.78 Å². The van der Waals surface area contributed by atoms with Crippen molar-refractivity contribution in [1.29, 1.82) is 0 Å².